The van der Waals surface area contributed by atoms with Crippen LogP contribution in [0, 0.1) is 5.92 Å². The lowest BCUT2D eigenvalue weighted by Crippen LogP contribution is -2.46. The van der Waals surface area contributed by atoms with Gasteiger partial charge >= 0.3 is 0 Å². The highest BCUT2D eigenvalue weighted by molar-refractivity contribution is 6.00. The standard InChI is InChI=1S/C21H27NO2/c1-15-5-7-16(8-6-15)14-24-18-10-9-17-12-22(21(2,3)4)13-20(23)19(17)11-18/h5,7-11,15H,6,12-14H2,1-4H3. The van der Waals surface area contributed by atoms with Crippen molar-refractivity contribution in [3.05, 3.63) is 53.1 Å². The van der Waals surface area contributed by atoms with Gasteiger partial charge in [-0.25, -0.2) is 0 Å². The number of ether oxygens (including phenoxy) is 1. The maximum absolute atomic E-state index is 12.5. The first-order chi connectivity index (χ1) is 11.3. The lowest BCUT2D eigenvalue weighted by atomic mass is 9.94. The highest BCUT2D eigenvalue weighted by Gasteiger charge is 2.30. The van der Waals surface area contributed by atoms with Crippen LogP contribution in [0.4, 0.5) is 0 Å². The van der Waals surface area contributed by atoms with Gasteiger partial charge in [-0.3, -0.25) is 9.69 Å². The molecule has 3 rings (SSSR count). The van der Waals surface area contributed by atoms with Crippen molar-refractivity contribution in [3.63, 3.8) is 0 Å². The van der Waals surface area contributed by atoms with Gasteiger partial charge in [-0.2, -0.15) is 0 Å². The summed E-state index contributed by atoms with van der Waals surface area (Å²) in [5.41, 5.74) is 3.12. The summed E-state index contributed by atoms with van der Waals surface area (Å²) in [5.74, 6) is 1.57. The van der Waals surface area contributed by atoms with Crippen LogP contribution in [0.15, 0.2) is 42.0 Å². The van der Waals surface area contributed by atoms with E-state index in [4.69, 9.17) is 4.74 Å². The first-order valence-electron chi connectivity index (χ1n) is 8.74. The van der Waals surface area contributed by atoms with E-state index in [0.717, 1.165) is 29.8 Å². The highest BCUT2D eigenvalue weighted by Crippen LogP contribution is 2.28. The molecule has 0 amide bonds. The molecule has 0 saturated heterocycles. The van der Waals surface area contributed by atoms with Crippen molar-refractivity contribution in [1.29, 1.82) is 0 Å². The van der Waals surface area contributed by atoms with Crippen LogP contribution in [0.3, 0.4) is 0 Å². The van der Waals surface area contributed by atoms with Crippen molar-refractivity contribution in [2.45, 2.75) is 46.2 Å². The predicted molar refractivity (Wildman–Crippen MR) is 97.4 cm³/mol. The monoisotopic (exact) mass is 325 g/mol. The fourth-order valence-corrected chi connectivity index (χ4v) is 3.08. The second-order valence-electron chi connectivity index (χ2n) is 7.91. The van der Waals surface area contributed by atoms with Crippen molar-refractivity contribution in [3.8, 4) is 5.75 Å². The maximum atomic E-state index is 12.5. The molecular formula is C21H27NO2. The SMILES string of the molecule is CC1C=CC(COc2ccc3c(c2)C(=O)CN(C(C)(C)C)C3)=CC1. The topological polar surface area (TPSA) is 29.5 Å². The molecule has 0 N–H and O–H groups in total. The molecule has 1 atom stereocenters. The first-order valence-corrected chi connectivity index (χ1v) is 8.74. The van der Waals surface area contributed by atoms with Crippen LogP contribution >= 0.6 is 0 Å². The summed E-state index contributed by atoms with van der Waals surface area (Å²) in [6.07, 6.45) is 7.66. The minimum Gasteiger partial charge on any atom is -0.489 e. The Labute approximate surface area is 145 Å². The number of allylic oxidation sites excluding steroid dienone is 2. The Morgan fingerprint density at radius 1 is 1.25 bits per heavy atom. The van der Waals surface area contributed by atoms with Crippen molar-refractivity contribution in [2.24, 2.45) is 5.92 Å². The van der Waals surface area contributed by atoms with Crippen LogP contribution in [0.1, 0.15) is 50.0 Å². The van der Waals surface area contributed by atoms with Crippen molar-refractivity contribution < 1.29 is 9.53 Å². The highest BCUT2D eigenvalue weighted by atomic mass is 16.5. The summed E-state index contributed by atoms with van der Waals surface area (Å²) in [7, 11) is 0. The van der Waals surface area contributed by atoms with E-state index in [1.807, 2.05) is 18.2 Å². The summed E-state index contributed by atoms with van der Waals surface area (Å²) >= 11 is 0. The summed E-state index contributed by atoms with van der Waals surface area (Å²) < 4.78 is 5.90. The van der Waals surface area contributed by atoms with Gasteiger partial charge in [-0.1, -0.05) is 31.2 Å². The van der Waals surface area contributed by atoms with E-state index in [1.165, 1.54) is 5.57 Å². The molecule has 0 bridgehead atoms. The molecule has 1 aliphatic heterocycles. The van der Waals surface area contributed by atoms with Gasteiger partial charge in [-0.05, 0) is 56.4 Å². The van der Waals surface area contributed by atoms with Gasteiger partial charge in [0, 0.05) is 17.6 Å². The van der Waals surface area contributed by atoms with Crippen molar-refractivity contribution >= 4 is 5.78 Å². The van der Waals surface area contributed by atoms with E-state index in [0.29, 0.717) is 19.1 Å². The fourth-order valence-electron chi connectivity index (χ4n) is 3.08. The van der Waals surface area contributed by atoms with Gasteiger partial charge in [-0.15, -0.1) is 0 Å². The number of fused-ring (bicyclic) bond motifs is 1. The molecule has 1 aliphatic carbocycles. The average Bonchev–Trinajstić information content (AvgIpc) is 2.53. The van der Waals surface area contributed by atoms with Crippen molar-refractivity contribution in [1.82, 2.24) is 4.90 Å². The normalized spacial score (nSPS) is 21.4. The van der Waals surface area contributed by atoms with E-state index in [1.54, 1.807) is 0 Å². The molecule has 0 radical (unpaired) electrons. The lowest BCUT2D eigenvalue weighted by Gasteiger charge is -2.38. The van der Waals surface area contributed by atoms with Crippen LogP contribution in [-0.2, 0) is 6.54 Å². The molecule has 0 spiro atoms. The molecule has 1 heterocycles. The molecule has 1 aromatic rings. The lowest BCUT2D eigenvalue weighted by molar-refractivity contribution is 0.0746. The Balaban J connectivity index is 1.70. The quantitative estimate of drug-likeness (QED) is 0.826. The van der Waals surface area contributed by atoms with E-state index in [-0.39, 0.29) is 11.3 Å². The molecule has 128 valence electrons. The summed E-state index contributed by atoms with van der Waals surface area (Å²) in [6.45, 7) is 10.5. The Hall–Kier alpha value is -1.87. The van der Waals surface area contributed by atoms with Crippen LogP contribution < -0.4 is 4.74 Å². The number of nitrogens with zero attached hydrogens (tertiary/aromatic N) is 1. The third-order valence-corrected chi connectivity index (χ3v) is 4.82. The number of ketones is 1. The van der Waals surface area contributed by atoms with Crippen LogP contribution in [0.2, 0.25) is 0 Å². The third kappa shape index (κ3) is 3.78. The number of carbonyl (C=O) groups is 1. The Morgan fingerprint density at radius 2 is 2.04 bits per heavy atom. The predicted octanol–water partition coefficient (Wildman–Crippen LogP) is 4.38. The van der Waals surface area contributed by atoms with Crippen LogP contribution in [0.25, 0.3) is 0 Å². The molecule has 3 heteroatoms. The Kier molecular flexibility index (Phi) is 4.64. The smallest absolute Gasteiger partial charge is 0.177 e. The fraction of sp³-hybridized carbons (Fsp3) is 0.476. The summed E-state index contributed by atoms with van der Waals surface area (Å²) in [6, 6.07) is 5.93. The van der Waals surface area contributed by atoms with E-state index < -0.39 is 0 Å². The second kappa shape index (κ2) is 6.56. The number of carbonyl (C=O) groups excluding carboxylic acids is 1. The van der Waals surface area contributed by atoms with E-state index in [9.17, 15) is 4.79 Å². The molecular weight excluding hydrogens is 298 g/mol. The van der Waals surface area contributed by atoms with Gasteiger partial charge in [0.15, 0.2) is 5.78 Å². The minimum absolute atomic E-state index is 0.000546. The van der Waals surface area contributed by atoms with Crippen LogP contribution in [-0.4, -0.2) is 29.4 Å². The number of rotatable bonds is 3. The maximum Gasteiger partial charge on any atom is 0.177 e. The average molecular weight is 325 g/mol. The zero-order valence-electron chi connectivity index (χ0n) is 15.1. The van der Waals surface area contributed by atoms with Crippen LogP contribution in [0.5, 0.6) is 5.75 Å². The molecule has 0 aromatic heterocycles. The number of benzene rings is 1. The van der Waals surface area contributed by atoms with E-state index >= 15 is 0 Å². The van der Waals surface area contributed by atoms with Gasteiger partial charge in [0.1, 0.15) is 12.4 Å². The summed E-state index contributed by atoms with van der Waals surface area (Å²) in [4.78, 5) is 14.7. The van der Waals surface area contributed by atoms with Gasteiger partial charge < -0.3 is 4.74 Å². The molecule has 3 nitrogen and oxygen atoms in total. The molecule has 24 heavy (non-hydrogen) atoms. The number of Topliss-reactive ketones (excluding diaryl/α,β-unsaturated/α-hetero) is 1. The zero-order chi connectivity index (χ0) is 17.3. The molecule has 1 unspecified atom stereocenters. The number of hydrogen-bond acceptors (Lipinski definition) is 3. The molecule has 1 aromatic carbocycles. The molecule has 2 aliphatic rings. The molecule has 0 fully saturated rings. The molecule has 0 saturated carbocycles. The van der Waals surface area contributed by atoms with E-state index in [2.05, 4.69) is 50.8 Å². The second-order valence-corrected chi connectivity index (χ2v) is 7.91. The van der Waals surface area contributed by atoms with Gasteiger partial charge in [0.2, 0.25) is 0 Å². The first kappa shape index (κ1) is 17.0. The van der Waals surface area contributed by atoms with Gasteiger partial charge in [0.25, 0.3) is 0 Å². The zero-order valence-corrected chi connectivity index (χ0v) is 15.1. The minimum atomic E-state index is -0.000546. The largest absolute Gasteiger partial charge is 0.489 e. The Morgan fingerprint density at radius 3 is 2.71 bits per heavy atom. The summed E-state index contributed by atoms with van der Waals surface area (Å²) in [5, 5.41) is 0. The number of hydrogen-bond donors (Lipinski definition) is 0. The Bertz CT molecular complexity index is 694. The van der Waals surface area contributed by atoms with Crippen molar-refractivity contribution in [2.75, 3.05) is 13.2 Å². The third-order valence-electron chi connectivity index (χ3n) is 4.82. The van der Waals surface area contributed by atoms with Gasteiger partial charge in [0.05, 0.1) is 6.54 Å².